The number of aromatic nitrogens is 4. The van der Waals surface area contributed by atoms with Crippen LogP contribution in [0.1, 0.15) is 0 Å². The molecule has 0 saturated carbocycles. The summed E-state index contributed by atoms with van der Waals surface area (Å²) in [6.07, 6.45) is 0. The summed E-state index contributed by atoms with van der Waals surface area (Å²) in [5.74, 6) is 0.626. The average Bonchev–Trinajstić information content (AvgIpc) is 3.96. The zero-order chi connectivity index (χ0) is 38.6. The monoisotopic (exact) mass is 752 g/mol. The topological polar surface area (TPSA) is 48.8 Å². The van der Waals surface area contributed by atoms with Crippen molar-refractivity contribution in [3.8, 4) is 34.0 Å². The number of benzene rings is 9. The van der Waals surface area contributed by atoms with Crippen LogP contribution in [0.3, 0.4) is 0 Å². The predicted molar refractivity (Wildman–Crippen MR) is 244 cm³/mol. The van der Waals surface area contributed by atoms with E-state index in [2.05, 4.69) is 191 Å². The lowest BCUT2D eigenvalue weighted by Gasteiger charge is -2.14. The van der Waals surface area contributed by atoms with Crippen molar-refractivity contribution in [2.75, 3.05) is 0 Å². The van der Waals surface area contributed by atoms with Crippen molar-refractivity contribution in [1.29, 1.82) is 0 Å². The maximum absolute atomic E-state index is 6.52. The molecule has 9 aromatic carbocycles. The Morgan fingerprint density at radius 2 is 0.898 bits per heavy atom. The van der Waals surface area contributed by atoms with E-state index in [1.54, 1.807) is 0 Å². The summed E-state index contributed by atoms with van der Waals surface area (Å²) in [6, 6.07) is 68.9. The minimum atomic E-state index is 0.626. The van der Waals surface area contributed by atoms with Gasteiger partial charge in [-0.25, -0.2) is 9.97 Å². The van der Waals surface area contributed by atoms with Gasteiger partial charge in [0.1, 0.15) is 11.2 Å². The number of para-hydroxylation sites is 5. The fourth-order valence-electron chi connectivity index (χ4n) is 9.53. The maximum Gasteiger partial charge on any atom is 0.235 e. The van der Waals surface area contributed by atoms with Gasteiger partial charge in [0.2, 0.25) is 5.95 Å². The average molecular weight is 753 g/mol. The summed E-state index contributed by atoms with van der Waals surface area (Å²) in [7, 11) is 0. The van der Waals surface area contributed by atoms with Gasteiger partial charge < -0.3 is 8.98 Å². The SMILES string of the molecule is c1ccc(-n2c3ccccc3c3cc(-c4ccc5c(c4)c4ccccc4n5-c4nc(-c5cc6oc7ccccc7c6c6ccccc56)c5ccccc5n4)ccc32)cc1. The van der Waals surface area contributed by atoms with Crippen LogP contribution in [0, 0.1) is 0 Å². The number of nitrogens with zero attached hydrogens (tertiary/aromatic N) is 4. The summed E-state index contributed by atoms with van der Waals surface area (Å²) in [5, 5.41) is 10.3. The van der Waals surface area contributed by atoms with Crippen LogP contribution in [0.25, 0.3) is 121 Å². The lowest BCUT2D eigenvalue weighted by molar-refractivity contribution is 0.669. The second-order valence-electron chi connectivity index (χ2n) is 15.3. The van der Waals surface area contributed by atoms with E-state index < -0.39 is 0 Å². The van der Waals surface area contributed by atoms with Gasteiger partial charge in [-0.15, -0.1) is 0 Å². The molecule has 0 aliphatic rings. The van der Waals surface area contributed by atoms with Crippen molar-refractivity contribution in [3.63, 3.8) is 0 Å². The zero-order valence-corrected chi connectivity index (χ0v) is 31.7. The molecule has 4 aromatic heterocycles. The van der Waals surface area contributed by atoms with Crippen LogP contribution in [0.5, 0.6) is 0 Å². The van der Waals surface area contributed by atoms with Crippen LogP contribution < -0.4 is 0 Å². The summed E-state index contributed by atoms with van der Waals surface area (Å²) >= 11 is 0. The fourth-order valence-corrected chi connectivity index (χ4v) is 9.53. The molecular formula is C54H32N4O. The van der Waals surface area contributed by atoms with Crippen LogP contribution >= 0.6 is 0 Å². The Labute approximate surface area is 337 Å². The summed E-state index contributed by atoms with van der Waals surface area (Å²) < 4.78 is 11.1. The highest BCUT2D eigenvalue weighted by molar-refractivity contribution is 6.23. The molecule has 0 saturated heterocycles. The molecule has 0 unspecified atom stereocenters. The fraction of sp³-hybridized carbons (Fsp3) is 0. The van der Waals surface area contributed by atoms with E-state index in [-0.39, 0.29) is 0 Å². The number of hydrogen-bond acceptors (Lipinski definition) is 3. The molecule has 0 atom stereocenters. The summed E-state index contributed by atoms with van der Waals surface area (Å²) in [6.45, 7) is 0. The molecule has 59 heavy (non-hydrogen) atoms. The highest BCUT2D eigenvalue weighted by atomic mass is 16.3. The largest absolute Gasteiger partial charge is 0.456 e. The third-order valence-electron chi connectivity index (χ3n) is 12.1. The first-order chi connectivity index (χ1) is 29.3. The van der Waals surface area contributed by atoms with E-state index in [1.165, 1.54) is 27.4 Å². The van der Waals surface area contributed by atoms with E-state index in [4.69, 9.17) is 14.4 Å². The highest BCUT2D eigenvalue weighted by Gasteiger charge is 2.21. The standard InChI is InChI=1S/C54H32N4O/c1-2-14-35(15-3-1)57-46-23-11-7-17-37(46)42-30-33(26-28-48(42)57)34-27-29-49-43(31-34)38-18-8-12-24-47(38)58(49)54-55-45-22-10-6-20-40(45)53(56-54)44-32-51-52(39-19-5-4-16-36(39)44)41-21-9-13-25-50(41)59-51/h1-32H. The Kier molecular flexibility index (Phi) is 6.66. The van der Waals surface area contributed by atoms with Crippen molar-refractivity contribution in [2.45, 2.75) is 0 Å². The highest BCUT2D eigenvalue weighted by Crippen LogP contribution is 2.43. The van der Waals surface area contributed by atoms with Gasteiger partial charge in [0.05, 0.1) is 33.3 Å². The van der Waals surface area contributed by atoms with E-state index in [0.29, 0.717) is 5.95 Å². The van der Waals surface area contributed by atoms with Crippen molar-refractivity contribution >= 4 is 87.2 Å². The van der Waals surface area contributed by atoms with Crippen LogP contribution in [0.15, 0.2) is 199 Å². The van der Waals surface area contributed by atoms with Crippen molar-refractivity contribution in [3.05, 3.63) is 194 Å². The molecular weight excluding hydrogens is 721 g/mol. The van der Waals surface area contributed by atoms with Gasteiger partial charge in [-0.3, -0.25) is 4.57 Å². The molecule has 0 spiro atoms. The van der Waals surface area contributed by atoms with Gasteiger partial charge in [-0.1, -0.05) is 127 Å². The minimum Gasteiger partial charge on any atom is -0.456 e. The van der Waals surface area contributed by atoms with Crippen LogP contribution in [0.2, 0.25) is 0 Å². The normalized spacial score (nSPS) is 12.1. The van der Waals surface area contributed by atoms with Crippen LogP contribution in [-0.4, -0.2) is 19.1 Å². The van der Waals surface area contributed by atoms with Gasteiger partial charge in [0.25, 0.3) is 0 Å². The van der Waals surface area contributed by atoms with E-state index in [9.17, 15) is 0 Å². The zero-order valence-electron chi connectivity index (χ0n) is 31.7. The molecule has 13 aromatic rings. The van der Waals surface area contributed by atoms with Crippen LogP contribution in [0.4, 0.5) is 0 Å². The molecule has 0 aliphatic heterocycles. The molecule has 0 amide bonds. The molecule has 0 radical (unpaired) electrons. The molecule has 274 valence electrons. The predicted octanol–water partition coefficient (Wildman–Crippen LogP) is 14.2. The molecule has 0 aliphatic carbocycles. The second-order valence-corrected chi connectivity index (χ2v) is 15.3. The second kappa shape index (κ2) is 12.2. The van der Waals surface area contributed by atoms with Crippen LogP contribution in [-0.2, 0) is 0 Å². The number of furan rings is 1. The van der Waals surface area contributed by atoms with Gasteiger partial charge in [-0.2, -0.15) is 0 Å². The first kappa shape index (κ1) is 32.1. The first-order valence-electron chi connectivity index (χ1n) is 20.0. The van der Waals surface area contributed by atoms with Gasteiger partial charge >= 0.3 is 0 Å². The van der Waals surface area contributed by atoms with E-state index >= 15 is 0 Å². The lowest BCUT2D eigenvalue weighted by atomic mass is 9.96. The Bertz CT molecular complexity index is 3850. The summed E-state index contributed by atoms with van der Waals surface area (Å²) in [5.41, 5.74) is 12.5. The molecule has 0 N–H and O–H groups in total. The molecule has 0 fully saturated rings. The van der Waals surface area contributed by atoms with Crippen molar-refractivity contribution in [2.24, 2.45) is 0 Å². The Hall–Kier alpha value is -8.02. The maximum atomic E-state index is 6.52. The smallest absolute Gasteiger partial charge is 0.235 e. The number of hydrogen-bond donors (Lipinski definition) is 0. The molecule has 4 heterocycles. The Balaban J connectivity index is 1.03. The first-order valence-corrected chi connectivity index (χ1v) is 20.0. The van der Waals surface area contributed by atoms with E-state index in [0.717, 1.165) is 87.9 Å². The molecule has 5 heteroatoms. The lowest BCUT2D eigenvalue weighted by Crippen LogP contribution is -2.03. The number of fused-ring (bicyclic) bond motifs is 12. The van der Waals surface area contributed by atoms with E-state index in [1.807, 2.05) is 12.1 Å². The molecule has 5 nitrogen and oxygen atoms in total. The van der Waals surface area contributed by atoms with Gasteiger partial charge in [-0.05, 0) is 88.6 Å². The quantitative estimate of drug-likeness (QED) is 0.180. The third-order valence-corrected chi connectivity index (χ3v) is 12.1. The Morgan fingerprint density at radius 3 is 1.63 bits per heavy atom. The summed E-state index contributed by atoms with van der Waals surface area (Å²) in [4.78, 5) is 10.8. The van der Waals surface area contributed by atoms with Crippen molar-refractivity contribution < 1.29 is 4.42 Å². The number of rotatable bonds is 4. The van der Waals surface area contributed by atoms with Gasteiger partial charge in [0, 0.05) is 49.0 Å². The van der Waals surface area contributed by atoms with Gasteiger partial charge in [0.15, 0.2) is 0 Å². The molecule has 0 bridgehead atoms. The third kappa shape index (κ3) is 4.67. The van der Waals surface area contributed by atoms with Crippen molar-refractivity contribution in [1.82, 2.24) is 19.1 Å². The minimum absolute atomic E-state index is 0.626. The molecule has 13 rings (SSSR count). The Morgan fingerprint density at radius 1 is 0.356 bits per heavy atom.